The Kier molecular flexibility index (Phi) is 2.21. The highest BCUT2D eigenvalue weighted by Crippen LogP contribution is 2.24. The Bertz CT molecular complexity index is 761. The van der Waals surface area contributed by atoms with Crippen molar-refractivity contribution in [1.29, 1.82) is 0 Å². The van der Waals surface area contributed by atoms with E-state index in [1.165, 1.54) is 0 Å². The number of amides is 1. The molecule has 1 aromatic carbocycles. The maximum atomic E-state index is 11.8. The van der Waals surface area contributed by atoms with E-state index in [2.05, 4.69) is 10.3 Å². The highest BCUT2D eigenvalue weighted by Gasteiger charge is 2.24. The van der Waals surface area contributed by atoms with Gasteiger partial charge >= 0.3 is 0 Å². The van der Waals surface area contributed by atoms with Crippen molar-refractivity contribution in [3.05, 3.63) is 23.8 Å². The number of aromatic nitrogens is 2. The lowest BCUT2D eigenvalue weighted by molar-refractivity contribution is 0.0956. The minimum absolute atomic E-state index is 0.0152. The van der Waals surface area contributed by atoms with Crippen LogP contribution in [0.15, 0.2) is 23.4 Å². The number of hydrogen-bond acceptors (Lipinski definition) is 4. The van der Waals surface area contributed by atoms with Crippen LogP contribution in [-0.4, -0.2) is 36.7 Å². The Morgan fingerprint density at radius 1 is 1.39 bits per heavy atom. The van der Waals surface area contributed by atoms with E-state index in [1.54, 1.807) is 22.8 Å². The normalized spacial score (nSPS) is 15.5. The number of carbonyl (C=O) groups is 1. The predicted molar refractivity (Wildman–Crippen MR) is 65.2 cm³/mol. The van der Waals surface area contributed by atoms with Crippen molar-refractivity contribution in [1.82, 2.24) is 14.9 Å². The van der Waals surface area contributed by atoms with Gasteiger partial charge in [0.15, 0.2) is 0 Å². The van der Waals surface area contributed by atoms with Crippen molar-refractivity contribution >= 4 is 26.8 Å². The summed E-state index contributed by atoms with van der Waals surface area (Å²) in [5.41, 5.74) is 1.59. The molecule has 0 fully saturated rings. The number of nitrogens with zero attached hydrogens (tertiary/aromatic N) is 2. The van der Waals surface area contributed by atoms with Gasteiger partial charge in [-0.15, -0.1) is 0 Å². The van der Waals surface area contributed by atoms with E-state index >= 15 is 0 Å². The van der Waals surface area contributed by atoms with Crippen LogP contribution in [0, 0.1) is 0 Å². The molecule has 7 heteroatoms. The van der Waals surface area contributed by atoms with Crippen LogP contribution in [0.25, 0.3) is 11.0 Å². The largest absolute Gasteiger partial charge is 0.350 e. The summed E-state index contributed by atoms with van der Waals surface area (Å²) in [7, 11) is -3.41. The number of nitrogens with one attached hydrogen (secondary N) is 1. The van der Waals surface area contributed by atoms with Gasteiger partial charge in [-0.1, -0.05) is 6.07 Å². The zero-order valence-electron chi connectivity index (χ0n) is 9.67. The van der Waals surface area contributed by atoms with Gasteiger partial charge in [0.1, 0.15) is 0 Å². The first kappa shape index (κ1) is 11.2. The SMILES string of the molecule is CS(=O)(=O)c1nc2cccc3c2n1CCNC3=O. The molecule has 0 bridgehead atoms. The molecule has 0 saturated carbocycles. The minimum atomic E-state index is -3.41. The number of carbonyl (C=O) groups excluding carboxylic acids is 1. The van der Waals surface area contributed by atoms with Crippen molar-refractivity contribution in [2.24, 2.45) is 0 Å². The van der Waals surface area contributed by atoms with Gasteiger partial charge in [-0.2, -0.15) is 0 Å². The molecule has 0 aliphatic carbocycles. The maximum absolute atomic E-state index is 11.8. The fraction of sp³-hybridized carbons (Fsp3) is 0.273. The first-order valence-electron chi connectivity index (χ1n) is 5.46. The molecule has 1 N–H and O–H groups in total. The van der Waals surface area contributed by atoms with Crippen LogP contribution >= 0.6 is 0 Å². The van der Waals surface area contributed by atoms with Gasteiger partial charge in [-0.25, -0.2) is 13.4 Å². The molecule has 2 heterocycles. The number of para-hydroxylation sites is 1. The van der Waals surface area contributed by atoms with Crippen LogP contribution in [0.5, 0.6) is 0 Å². The molecule has 1 amide bonds. The molecular formula is C11H11N3O3S. The molecule has 0 spiro atoms. The second kappa shape index (κ2) is 3.55. The van der Waals surface area contributed by atoms with Crippen molar-refractivity contribution in [2.75, 3.05) is 12.8 Å². The maximum Gasteiger partial charge on any atom is 0.253 e. The average molecular weight is 265 g/mol. The molecule has 18 heavy (non-hydrogen) atoms. The highest BCUT2D eigenvalue weighted by atomic mass is 32.2. The zero-order valence-corrected chi connectivity index (χ0v) is 10.5. The Morgan fingerprint density at radius 2 is 2.17 bits per heavy atom. The van der Waals surface area contributed by atoms with Gasteiger partial charge in [0.2, 0.25) is 15.0 Å². The highest BCUT2D eigenvalue weighted by molar-refractivity contribution is 7.90. The molecule has 0 atom stereocenters. The van der Waals surface area contributed by atoms with Crippen molar-refractivity contribution < 1.29 is 13.2 Å². The fourth-order valence-electron chi connectivity index (χ4n) is 2.21. The molecule has 0 radical (unpaired) electrons. The Hall–Kier alpha value is -1.89. The van der Waals surface area contributed by atoms with E-state index < -0.39 is 9.84 Å². The summed E-state index contributed by atoms with van der Waals surface area (Å²) < 4.78 is 25.0. The van der Waals surface area contributed by atoms with E-state index in [4.69, 9.17) is 0 Å². The summed E-state index contributed by atoms with van der Waals surface area (Å²) in [4.78, 5) is 16.0. The third-order valence-corrected chi connectivity index (χ3v) is 3.90. The third-order valence-electron chi connectivity index (χ3n) is 2.93. The van der Waals surface area contributed by atoms with Crippen LogP contribution in [0.4, 0.5) is 0 Å². The van der Waals surface area contributed by atoms with Crippen molar-refractivity contribution in [3.8, 4) is 0 Å². The second-order valence-corrected chi connectivity index (χ2v) is 6.16. The molecule has 1 aliphatic heterocycles. The molecule has 0 saturated heterocycles. The minimum Gasteiger partial charge on any atom is -0.350 e. The Labute approximate surface area is 104 Å². The predicted octanol–water partition coefficient (Wildman–Crippen LogP) is 0.183. The monoisotopic (exact) mass is 265 g/mol. The standard InChI is InChI=1S/C11H11N3O3S/c1-18(16,17)11-13-8-4-2-3-7-9(8)14(11)6-5-12-10(7)15/h2-4H,5-6H2,1H3,(H,12,15). The molecule has 1 aliphatic rings. The first-order valence-corrected chi connectivity index (χ1v) is 7.35. The lowest BCUT2D eigenvalue weighted by Gasteiger charge is -2.04. The van der Waals surface area contributed by atoms with Crippen molar-refractivity contribution in [3.63, 3.8) is 0 Å². The average Bonchev–Trinajstić information content (AvgIpc) is 2.59. The van der Waals surface area contributed by atoms with Crippen LogP contribution in [-0.2, 0) is 16.4 Å². The molecule has 3 rings (SSSR count). The van der Waals surface area contributed by atoms with Crippen molar-refractivity contribution in [2.45, 2.75) is 11.7 Å². The van der Waals surface area contributed by atoms with Crippen LogP contribution in [0.2, 0.25) is 0 Å². The van der Waals surface area contributed by atoms with Gasteiger partial charge < -0.3 is 9.88 Å². The Balaban J connectivity index is 2.47. The van der Waals surface area contributed by atoms with Crippen LogP contribution in [0.3, 0.4) is 0 Å². The second-order valence-electron chi connectivity index (χ2n) is 4.25. The molecule has 0 unspecified atom stereocenters. The summed E-state index contributed by atoms with van der Waals surface area (Å²) in [5.74, 6) is -0.195. The number of hydrogen-bond donors (Lipinski definition) is 1. The Morgan fingerprint density at radius 3 is 2.89 bits per heavy atom. The van der Waals surface area contributed by atoms with E-state index in [0.29, 0.717) is 29.7 Å². The lowest BCUT2D eigenvalue weighted by Crippen LogP contribution is -2.24. The summed E-state index contributed by atoms with van der Waals surface area (Å²) in [6.07, 6.45) is 1.12. The van der Waals surface area contributed by atoms with E-state index in [0.717, 1.165) is 6.26 Å². The van der Waals surface area contributed by atoms with Gasteiger partial charge in [0.25, 0.3) is 5.91 Å². The summed E-state index contributed by atoms with van der Waals surface area (Å²) >= 11 is 0. The molecule has 1 aromatic heterocycles. The lowest BCUT2D eigenvalue weighted by atomic mass is 10.2. The van der Waals surface area contributed by atoms with E-state index in [1.807, 2.05) is 0 Å². The van der Waals surface area contributed by atoms with Gasteiger partial charge in [-0.3, -0.25) is 4.79 Å². The first-order chi connectivity index (χ1) is 8.48. The van der Waals surface area contributed by atoms with Gasteiger partial charge in [0, 0.05) is 19.3 Å². The van der Waals surface area contributed by atoms with E-state index in [9.17, 15) is 13.2 Å². The number of rotatable bonds is 1. The molecule has 94 valence electrons. The summed E-state index contributed by atoms with van der Waals surface area (Å²) in [6, 6.07) is 5.09. The van der Waals surface area contributed by atoms with Gasteiger partial charge in [-0.05, 0) is 12.1 Å². The van der Waals surface area contributed by atoms with E-state index in [-0.39, 0.29) is 11.1 Å². The number of imidazole rings is 1. The molecular weight excluding hydrogens is 254 g/mol. The molecule has 2 aromatic rings. The van der Waals surface area contributed by atoms with Gasteiger partial charge in [0.05, 0.1) is 16.6 Å². The summed E-state index contributed by atoms with van der Waals surface area (Å²) in [6.45, 7) is 0.795. The quantitative estimate of drug-likeness (QED) is 0.797. The van der Waals surface area contributed by atoms with Crippen LogP contribution < -0.4 is 5.32 Å². The topological polar surface area (TPSA) is 81.1 Å². The zero-order chi connectivity index (χ0) is 12.9. The third kappa shape index (κ3) is 1.51. The fourth-order valence-corrected chi connectivity index (χ4v) is 3.06. The number of sulfone groups is 1. The van der Waals surface area contributed by atoms with Crippen LogP contribution in [0.1, 0.15) is 10.4 Å². The summed E-state index contributed by atoms with van der Waals surface area (Å²) in [5, 5.41) is 2.75. The smallest absolute Gasteiger partial charge is 0.253 e. The number of benzene rings is 1. The molecule has 6 nitrogen and oxygen atoms in total.